The molecule has 2 rings (SSSR count). The van der Waals surface area contributed by atoms with E-state index in [1.165, 1.54) is 0 Å². The fourth-order valence-corrected chi connectivity index (χ4v) is 1.14. The van der Waals surface area contributed by atoms with Crippen molar-refractivity contribution in [2.75, 3.05) is 18.4 Å². The van der Waals surface area contributed by atoms with Gasteiger partial charge in [-0.3, -0.25) is 0 Å². The summed E-state index contributed by atoms with van der Waals surface area (Å²) in [5, 5.41) is 3.11. The zero-order chi connectivity index (χ0) is 9.80. The van der Waals surface area contributed by atoms with E-state index in [-0.39, 0.29) is 0 Å². The molecule has 0 amide bonds. The Labute approximate surface area is 81.0 Å². The standard InChI is InChI=1S/C8H12N6/c9-2-1-3-12-8-13-6-7(14-8)11-5-4-10-6/h4-5H,1-3,9H2,(H2,10,11,12,13,14). The SMILES string of the molecule is NCCCNc1nc2nccnc2[nH]1. The predicted octanol–water partition coefficient (Wildman–Crippen LogP) is 0.114. The van der Waals surface area contributed by atoms with Crippen LogP contribution in [0.4, 0.5) is 5.95 Å². The van der Waals surface area contributed by atoms with Gasteiger partial charge in [0, 0.05) is 18.9 Å². The summed E-state index contributed by atoms with van der Waals surface area (Å²) in [5.41, 5.74) is 6.70. The quantitative estimate of drug-likeness (QED) is 0.598. The van der Waals surface area contributed by atoms with E-state index in [4.69, 9.17) is 5.73 Å². The van der Waals surface area contributed by atoms with Crippen molar-refractivity contribution in [2.24, 2.45) is 5.73 Å². The first-order valence-corrected chi connectivity index (χ1v) is 4.51. The Morgan fingerprint density at radius 2 is 2.21 bits per heavy atom. The molecule has 0 aliphatic rings. The largest absolute Gasteiger partial charge is 0.356 e. The van der Waals surface area contributed by atoms with Crippen molar-refractivity contribution < 1.29 is 0 Å². The van der Waals surface area contributed by atoms with Crippen LogP contribution >= 0.6 is 0 Å². The van der Waals surface area contributed by atoms with E-state index in [0.29, 0.717) is 23.8 Å². The highest BCUT2D eigenvalue weighted by Gasteiger charge is 2.01. The summed E-state index contributed by atoms with van der Waals surface area (Å²) in [6.45, 7) is 1.47. The van der Waals surface area contributed by atoms with Crippen LogP contribution in [-0.4, -0.2) is 33.0 Å². The Bertz CT molecular complexity index is 376. The summed E-state index contributed by atoms with van der Waals surface area (Å²) in [5.74, 6) is 0.694. The van der Waals surface area contributed by atoms with E-state index < -0.39 is 0 Å². The molecule has 6 heteroatoms. The highest BCUT2D eigenvalue weighted by atomic mass is 15.2. The lowest BCUT2D eigenvalue weighted by atomic mass is 10.4. The van der Waals surface area contributed by atoms with Crippen LogP contribution in [0.2, 0.25) is 0 Å². The highest BCUT2D eigenvalue weighted by Crippen LogP contribution is 2.07. The lowest BCUT2D eigenvalue weighted by Crippen LogP contribution is -2.09. The number of hydrogen-bond acceptors (Lipinski definition) is 5. The molecule has 14 heavy (non-hydrogen) atoms. The smallest absolute Gasteiger partial charge is 0.203 e. The summed E-state index contributed by atoms with van der Waals surface area (Å²) < 4.78 is 0. The Morgan fingerprint density at radius 3 is 3.00 bits per heavy atom. The third-order valence-electron chi connectivity index (χ3n) is 1.81. The van der Waals surface area contributed by atoms with Crippen LogP contribution in [0.3, 0.4) is 0 Å². The number of aromatic nitrogens is 4. The number of nitrogens with zero attached hydrogens (tertiary/aromatic N) is 3. The number of nitrogens with two attached hydrogens (primary N) is 1. The van der Waals surface area contributed by atoms with Gasteiger partial charge in [0.1, 0.15) is 0 Å². The Kier molecular flexibility index (Phi) is 2.55. The van der Waals surface area contributed by atoms with Crippen LogP contribution in [-0.2, 0) is 0 Å². The lowest BCUT2D eigenvalue weighted by Gasteiger charge is -1.98. The summed E-state index contributed by atoms with van der Waals surface area (Å²) in [7, 11) is 0. The van der Waals surface area contributed by atoms with Gasteiger partial charge in [-0.05, 0) is 13.0 Å². The van der Waals surface area contributed by atoms with Gasteiger partial charge in [0.25, 0.3) is 0 Å². The van der Waals surface area contributed by atoms with Gasteiger partial charge in [-0.15, -0.1) is 0 Å². The van der Waals surface area contributed by atoms with Gasteiger partial charge in [0.15, 0.2) is 11.3 Å². The number of anilines is 1. The molecule has 4 N–H and O–H groups in total. The van der Waals surface area contributed by atoms with E-state index >= 15 is 0 Å². The van der Waals surface area contributed by atoms with Crippen molar-refractivity contribution >= 4 is 17.2 Å². The molecule has 2 aromatic rings. The molecular weight excluding hydrogens is 180 g/mol. The first-order chi connectivity index (χ1) is 6.90. The average molecular weight is 192 g/mol. The topological polar surface area (TPSA) is 92.5 Å². The van der Waals surface area contributed by atoms with Crippen LogP contribution < -0.4 is 11.1 Å². The second kappa shape index (κ2) is 4.01. The normalized spacial score (nSPS) is 10.6. The van der Waals surface area contributed by atoms with Gasteiger partial charge < -0.3 is 16.0 Å². The molecule has 0 bridgehead atoms. The minimum Gasteiger partial charge on any atom is -0.356 e. The minimum atomic E-state index is 0.628. The van der Waals surface area contributed by atoms with Gasteiger partial charge in [-0.2, -0.15) is 4.98 Å². The number of aromatic amines is 1. The average Bonchev–Trinajstić information content (AvgIpc) is 2.60. The van der Waals surface area contributed by atoms with Crippen LogP contribution in [0.1, 0.15) is 6.42 Å². The molecule has 0 radical (unpaired) electrons. The summed E-state index contributed by atoms with van der Waals surface area (Å²) >= 11 is 0. The summed E-state index contributed by atoms with van der Waals surface area (Å²) in [4.78, 5) is 15.4. The van der Waals surface area contributed by atoms with E-state index in [0.717, 1.165) is 13.0 Å². The number of imidazole rings is 1. The van der Waals surface area contributed by atoms with E-state index in [1.807, 2.05) is 0 Å². The van der Waals surface area contributed by atoms with Gasteiger partial charge in [0.2, 0.25) is 5.95 Å². The molecule has 0 spiro atoms. The first-order valence-electron chi connectivity index (χ1n) is 4.51. The van der Waals surface area contributed by atoms with Gasteiger partial charge in [-0.25, -0.2) is 9.97 Å². The molecule has 0 aliphatic carbocycles. The van der Waals surface area contributed by atoms with Gasteiger partial charge >= 0.3 is 0 Å². The molecule has 0 atom stereocenters. The first kappa shape index (κ1) is 8.89. The maximum Gasteiger partial charge on any atom is 0.203 e. The molecule has 0 unspecified atom stereocenters. The zero-order valence-corrected chi connectivity index (χ0v) is 7.70. The zero-order valence-electron chi connectivity index (χ0n) is 7.70. The molecule has 2 heterocycles. The van der Waals surface area contributed by atoms with Crippen molar-refractivity contribution in [3.63, 3.8) is 0 Å². The lowest BCUT2D eigenvalue weighted by molar-refractivity contribution is 0.867. The summed E-state index contributed by atoms with van der Waals surface area (Å²) in [6.07, 6.45) is 4.16. The van der Waals surface area contributed by atoms with Crippen LogP contribution in [0, 0.1) is 0 Å². The summed E-state index contributed by atoms with van der Waals surface area (Å²) in [6, 6.07) is 0. The van der Waals surface area contributed by atoms with Crippen LogP contribution in [0.15, 0.2) is 12.4 Å². The van der Waals surface area contributed by atoms with Crippen molar-refractivity contribution in [3.8, 4) is 0 Å². The molecule has 0 aromatic carbocycles. The fraction of sp³-hybridized carbons (Fsp3) is 0.375. The third kappa shape index (κ3) is 1.80. The van der Waals surface area contributed by atoms with Gasteiger partial charge in [-0.1, -0.05) is 0 Å². The molecule has 0 saturated carbocycles. The number of rotatable bonds is 4. The molecule has 0 saturated heterocycles. The van der Waals surface area contributed by atoms with Crippen LogP contribution in [0.5, 0.6) is 0 Å². The molecular formula is C8H12N6. The fourth-order valence-electron chi connectivity index (χ4n) is 1.14. The number of hydrogen-bond donors (Lipinski definition) is 3. The van der Waals surface area contributed by atoms with Crippen LogP contribution in [0.25, 0.3) is 11.3 Å². The third-order valence-corrected chi connectivity index (χ3v) is 1.81. The minimum absolute atomic E-state index is 0.628. The number of nitrogens with one attached hydrogen (secondary N) is 2. The van der Waals surface area contributed by atoms with E-state index in [1.54, 1.807) is 12.4 Å². The second-order valence-corrected chi connectivity index (χ2v) is 2.88. The molecule has 0 fully saturated rings. The second-order valence-electron chi connectivity index (χ2n) is 2.88. The van der Waals surface area contributed by atoms with E-state index in [2.05, 4.69) is 25.3 Å². The van der Waals surface area contributed by atoms with Gasteiger partial charge in [0.05, 0.1) is 0 Å². The molecule has 6 nitrogen and oxygen atoms in total. The monoisotopic (exact) mass is 192 g/mol. The number of H-pyrrole nitrogens is 1. The Hall–Kier alpha value is -1.69. The maximum atomic E-state index is 5.37. The Balaban J connectivity index is 2.11. The highest BCUT2D eigenvalue weighted by molar-refractivity contribution is 5.67. The molecule has 74 valence electrons. The maximum absolute atomic E-state index is 5.37. The van der Waals surface area contributed by atoms with E-state index in [9.17, 15) is 0 Å². The van der Waals surface area contributed by atoms with Crippen molar-refractivity contribution in [1.82, 2.24) is 19.9 Å². The predicted molar refractivity (Wildman–Crippen MR) is 53.8 cm³/mol. The Morgan fingerprint density at radius 1 is 1.36 bits per heavy atom. The number of fused-ring (bicyclic) bond motifs is 1. The molecule has 0 aliphatic heterocycles. The molecule has 2 aromatic heterocycles. The van der Waals surface area contributed by atoms with Crippen molar-refractivity contribution in [3.05, 3.63) is 12.4 Å². The van der Waals surface area contributed by atoms with Crippen molar-refractivity contribution in [1.29, 1.82) is 0 Å². The van der Waals surface area contributed by atoms with Crippen molar-refractivity contribution in [2.45, 2.75) is 6.42 Å².